The van der Waals surface area contributed by atoms with E-state index < -0.39 is 0 Å². The predicted octanol–water partition coefficient (Wildman–Crippen LogP) is 0.695. The highest BCUT2D eigenvalue weighted by Gasteiger charge is 2.19. The van der Waals surface area contributed by atoms with Gasteiger partial charge in [0.1, 0.15) is 18.8 Å². The topological polar surface area (TPSA) is 72.2 Å². The van der Waals surface area contributed by atoms with Crippen molar-refractivity contribution in [1.82, 2.24) is 5.32 Å². The molecule has 0 bridgehead atoms. The first kappa shape index (κ1) is 16.1. The van der Waals surface area contributed by atoms with E-state index in [-0.39, 0.29) is 18.4 Å². The number of aromatic hydroxyl groups is 1. The normalized spacial score (nSPS) is 13.6. The Hall–Kier alpha value is -2.73. The van der Waals surface area contributed by atoms with E-state index in [2.05, 4.69) is 12.4 Å². The van der Waals surface area contributed by atoms with Crippen molar-refractivity contribution in [2.24, 2.45) is 0 Å². The van der Waals surface area contributed by atoms with E-state index in [0.29, 0.717) is 23.6 Å². The summed E-state index contributed by atoms with van der Waals surface area (Å²) in [5.41, 5.74) is 2.59. The lowest BCUT2D eigenvalue weighted by Gasteiger charge is -2.15. The maximum atomic E-state index is 11.6. The second kappa shape index (κ2) is 6.80. The predicted molar refractivity (Wildman–Crippen MR) is 88.4 cm³/mol. The van der Waals surface area contributed by atoms with Gasteiger partial charge in [-0.25, -0.2) is 0 Å². The summed E-state index contributed by atoms with van der Waals surface area (Å²) in [5.74, 6) is 1.38. The molecule has 0 aliphatic carbocycles. The number of rotatable bonds is 5. The highest BCUT2D eigenvalue weighted by Crippen LogP contribution is 2.37. The monoisotopic (exact) mass is 329 g/mol. The van der Waals surface area contributed by atoms with Crippen molar-refractivity contribution >= 4 is 5.91 Å². The molecule has 126 valence electrons. The molecule has 2 aromatic rings. The molecule has 1 unspecified atom stereocenters. The van der Waals surface area contributed by atoms with Crippen LogP contribution in [-0.2, 0) is 13.1 Å². The van der Waals surface area contributed by atoms with E-state index >= 15 is 0 Å². The Balaban J connectivity index is 1.65. The Labute approximate surface area is 140 Å². The van der Waals surface area contributed by atoms with Gasteiger partial charge in [0.25, 0.3) is 5.91 Å². The average molecular weight is 329 g/mol. The molecule has 1 amide bonds. The van der Waals surface area contributed by atoms with E-state index in [4.69, 9.17) is 9.47 Å². The second-order valence-corrected chi connectivity index (χ2v) is 5.92. The molecule has 0 saturated carbocycles. The Morgan fingerprint density at radius 1 is 1.17 bits per heavy atom. The Morgan fingerprint density at radius 2 is 1.83 bits per heavy atom. The van der Waals surface area contributed by atoms with Gasteiger partial charge in [0.05, 0.1) is 12.6 Å². The van der Waals surface area contributed by atoms with Gasteiger partial charge >= 0.3 is 0 Å². The van der Waals surface area contributed by atoms with Crippen LogP contribution in [0.15, 0.2) is 36.4 Å². The minimum absolute atomic E-state index is 0.0902. The molecule has 1 aliphatic heterocycles. The average Bonchev–Trinajstić information content (AvgIpc) is 3.02. The van der Waals surface area contributed by atoms with Gasteiger partial charge in [-0.15, -0.1) is 0 Å². The number of fused-ring (bicyclic) bond motifs is 1. The molecule has 2 aromatic carbocycles. The summed E-state index contributed by atoms with van der Waals surface area (Å²) in [4.78, 5) is 12.8. The standard InChI is InChI=1S/C18H20N2O4/c1-19-18(22)13-5-3-12(4-6-13)9-20(2)10-14-7-16-17(8-15(14)21)24-11-23-16/h3-8,21H,9-11H2,1-2H3,(H,19,22)/p+1. The maximum Gasteiger partial charge on any atom is 0.251 e. The van der Waals surface area contributed by atoms with Crippen molar-refractivity contribution in [3.63, 3.8) is 0 Å². The zero-order valence-electron chi connectivity index (χ0n) is 13.8. The first-order valence-corrected chi connectivity index (χ1v) is 7.80. The van der Waals surface area contributed by atoms with Crippen molar-refractivity contribution in [2.45, 2.75) is 13.1 Å². The molecule has 1 aliphatic rings. The molecule has 3 rings (SSSR count). The largest absolute Gasteiger partial charge is 0.507 e. The summed E-state index contributed by atoms with van der Waals surface area (Å²) in [6.07, 6.45) is 0. The number of ether oxygens (including phenoxy) is 2. The summed E-state index contributed by atoms with van der Waals surface area (Å²) < 4.78 is 10.6. The Bertz CT molecular complexity index is 743. The fourth-order valence-corrected chi connectivity index (χ4v) is 2.77. The number of phenols is 1. The third-order valence-corrected chi connectivity index (χ3v) is 4.02. The highest BCUT2D eigenvalue weighted by atomic mass is 16.7. The molecular formula is C18H21N2O4+. The maximum absolute atomic E-state index is 11.6. The summed E-state index contributed by atoms with van der Waals surface area (Å²) in [7, 11) is 3.67. The summed E-state index contributed by atoms with van der Waals surface area (Å²) >= 11 is 0. The van der Waals surface area contributed by atoms with Crippen molar-refractivity contribution in [3.05, 3.63) is 53.1 Å². The third-order valence-electron chi connectivity index (χ3n) is 4.02. The van der Waals surface area contributed by atoms with Gasteiger partial charge in [-0.3, -0.25) is 4.79 Å². The van der Waals surface area contributed by atoms with E-state index in [0.717, 1.165) is 17.7 Å². The van der Waals surface area contributed by atoms with E-state index in [1.807, 2.05) is 30.3 Å². The molecule has 3 N–H and O–H groups in total. The molecule has 6 nitrogen and oxygen atoms in total. The Kier molecular flexibility index (Phi) is 4.57. The molecule has 1 heterocycles. The molecule has 24 heavy (non-hydrogen) atoms. The van der Waals surface area contributed by atoms with Crippen molar-refractivity contribution in [2.75, 3.05) is 20.9 Å². The number of carbonyl (C=O) groups is 1. The summed E-state index contributed by atoms with van der Waals surface area (Å²) in [6.45, 7) is 1.63. The number of amides is 1. The van der Waals surface area contributed by atoms with E-state index in [9.17, 15) is 9.90 Å². The third kappa shape index (κ3) is 3.44. The van der Waals surface area contributed by atoms with Crippen LogP contribution < -0.4 is 19.7 Å². The lowest BCUT2D eigenvalue weighted by molar-refractivity contribution is -0.907. The van der Waals surface area contributed by atoms with Crippen molar-refractivity contribution in [1.29, 1.82) is 0 Å². The van der Waals surface area contributed by atoms with Crippen LogP contribution in [0.1, 0.15) is 21.5 Å². The number of hydrogen-bond donors (Lipinski definition) is 3. The van der Waals surface area contributed by atoms with Crippen LogP contribution in [0.2, 0.25) is 0 Å². The minimum atomic E-state index is -0.0902. The van der Waals surface area contributed by atoms with Gasteiger partial charge in [0.15, 0.2) is 11.5 Å². The lowest BCUT2D eigenvalue weighted by atomic mass is 10.1. The van der Waals surface area contributed by atoms with Crippen molar-refractivity contribution < 1.29 is 24.3 Å². The van der Waals surface area contributed by atoms with Crippen LogP contribution in [0.3, 0.4) is 0 Å². The van der Waals surface area contributed by atoms with Crippen LogP contribution in [0, 0.1) is 0 Å². The van der Waals surface area contributed by atoms with Crippen LogP contribution in [0.4, 0.5) is 0 Å². The highest BCUT2D eigenvalue weighted by molar-refractivity contribution is 5.93. The molecule has 0 fully saturated rings. The van der Waals surface area contributed by atoms with Crippen LogP contribution in [0.25, 0.3) is 0 Å². The zero-order chi connectivity index (χ0) is 17.1. The van der Waals surface area contributed by atoms with E-state index in [1.165, 1.54) is 4.90 Å². The molecule has 1 atom stereocenters. The number of phenolic OH excluding ortho intramolecular Hbond substituents is 1. The number of nitrogens with one attached hydrogen (secondary N) is 2. The first-order chi connectivity index (χ1) is 11.6. The summed E-state index contributed by atoms with van der Waals surface area (Å²) in [5, 5.41) is 12.7. The molecule has 0 spiro atoms. The van der Waals surface area contributed by atoms with Crippen molar-refractivity contribution in [3.8, 4) is 17.2 Å². The fourth-order valence-electron chi connectivity index (χ4n) is 2.77. The number of benzene rings is 2. The fraction of sp³-hybridized carbons (Fsp3) is 0.278. The minimum Gasteiger partial charge on any atom is -0.507 e. The van der Waals surface area contributed by atoms with Crippen LogP contribution in [0.5, 0.6) is 17.2 Å². The number of quaternary nitrogens is 1. The number of hydrogen-bond acceptors (Lipinski definition) is 4. The van der Waals surface area contributed by atoms with Gasteiger partial charge < -0.3 is 24.8 Å². The first-order valence-electron chi connectivity index (χ1n) is 7.80. The van der Waals surface area contributed by atoms with Gasteiger partial charge in [-0.1, -0.05) is 12.1 Å². The van der Waals surface area contributed by atoms with E-state index in [1.54, 1.807) is 13.1 Å². The molecule has 0 saturated heterocycles. The quantitative estimate of drug-likeness (QED) is 0.755. The molecule has 0 aromatic heterocycles. The van der Waals surface area contributed by atoms with Crippen LogP contribution >= 0.6 is 0 Å². The number of carbonyl (C=O) groups excluding carboxylic acids is 1. The zero-order valence-corrected chi connectivity index (χ0v) is 13.8. The molecular weight excluding hydrogens is 308 g/mol. The Morgan fingerprint density at radius 3 is 2.50 bits per heavy atom. The van der Waals surface area contributed by atoms with Crippen LogP contribution in [-0.4, -0.2) is 31.9 Å². The lowest BCUT2D eigenvalue weighted by Crippen LogP contribution is -3.06. The SMILES string of the molecule is CNC(=O)c1ccc(C[NH+](C)Cc2cc3c(cc2O)OCO3)cc1. The van der Waals surface area contributed by atoms with Gasteiger partial charge in [-0.2, -0.15) is 0 Å². The van der Waals surface area contributed by atoms with Gasteiger partial charge in [0, 0.05) is 24.2 Å². The second-order valence-electron chi connectivity index (χ2n) is 5.92. The molecule has 0 radical (unpaired) electrons. The summed E-state index contributed by atoms with van der Waals surface area (Å²) in [6, 6.07) is 11.0. The molecule has 6 heteroatoms. The van der Waals surface area contributed by atoms with Gasteiger partial charge in [0.2, 0.25) is 6.79 Å². The smallest absolute Gasteiger partial charge is 0.251 e. The van der Waals surface area contributed by atoms with Gasteiger partial charge in [-0.05, 0) is 18.2 Å².